The molecule has 0 unspecified atom stereocenters. The molecule has 120 valence electrons. The highest BCUT2D eigenvalue weighted by atomic mass is 19.3. The molecule has 1 aromatic rings. The van der Waals surface area contributed by atoms with E-state index in [1.54, 1.807) is 0 Å². The summed E-state index contributed by atoms with van der Waals surface area (Å²) in [7, 11) is 0. The van der Waals surface area contributed by atoms with Gasteiger partial charge < -0.3 is 9.47 Å². The molecule has 0 N–H and O–H groups in total. The average Bonchev–Trinajstić information content (AvgIpc) is 2.79. The van der Waals surface area contributed by atoms with Gasteiger partial charge in [-0.15, -0.1) is 8.78 Å². The molecule has 2 nitrogen and oxygen atoms in total. The summed E-state index contributed by atoms with van der Waals surface area (Å²) in [6.45, 7) is 2.09. The Morgan fingerprint density at radius 2 is 1.68 bits per heavy atom. The third-order valence-electron chi connectivity index (χ3n) is 4.24. The number of alkyl halides is 2. The first-order chi connectivity index (χ1) is 10.4. The zero-order chi connectivity index (χ0) is 15.9. The van der Waals surface area contributed by atoms with Gasteiger partial charge in [0.2, 0.25) is 0 Å². The zero-order valence-corrected chi connectivity index (χ0v) is 12.0. The Kier molecular flexibility index (Phi) is 3.78. The molecule has 1 aliphatic carbocycles. The van der Waals surface area contributed by atoms with Crippen LogP contribution in [-0.4, -0.2) is 6.29 Å². The summed E-state index contributed by atoms with van der Waals surface area (Å²) < 4.78 is 62.9. The van der Waals surface area contributed by atoms with Crippen LogP contribution in [0.3, 0.4) is 0 Å². The van der Waals surface area contributed by atoms with Gasteiger partial charge in [-0.25, -0.2) is 8.78 Å². The molecule has 0 bridgehead atoms. The molecule has 0 saturated heterocycles. The van der Waals surface area contributed by atoms with Crippen LogP contribution in [0.4, 0.5) is 17.6 Å². The highest BCUT2D eigenvalue weighted by Gasteiger charge is 2.43. The minimum Gasteiger partial charge on any atom is -0.395 e. The van der Waals surface area contributed by atoms with Crippen molar-refractivity contribution in [2.45, 2.75) is 38.9 Å². The maximum atomic E-state index is 14.3. The van der Waals surface area contributed by atoms with Crippen LogP contribution in [0.25, 0.3) is 5.83 Å². The van der Waals surface area contributed by atoms with Gasteiger partial charge in [-0.2, -0.15) is 0 Å². The van der Waals surface area contributed by atoms with Crippen molar-refractivity contribution in [3.8, 4) is 11.5 Å². The molecule has 3 rings (SSSR count). The van der Waals surface area contributed by atoms with E-state index >= 15 is 0 Å². The highest BCUT2D eigenvalue weighted by Crippen LogP contribution is 2.44. The van der Waals surface area contributed by atoms with E-state index in [2.05, 4.69) is 16.4 Å². The third-order valence-corrected chi connectivity index (χ3v) is 4.24. The van der Waals surface area contributed by atoms with Crippen LogP contribution < -0.4 is 9.47 Å². The van der Waals surface area contributed by atoms with E-state index < -0.39 is 23.9 Å². The summed E-state index contributed by atoms with van der Waals surface area (Å²) in [6.07, 6.45) is -0.845. The van der Waals surface area contributed by atoms with Gasteiger partial charge in [0.15, 0.2) is 17.3 Å². The lowest BCUT2D eigenvalue weighted by Gasteiger charge is -2.25. The Labute approximate surface area is 125 Å². The van der Waals surface area contributed by atoms with Gasteiger partial charge in [-0.1, -0.05) is 19.8 Å². The van der Waals surface area contributed by atoms with Crippen LogP contribution in [-0.2, 0) is 0 Å². The Hall–Kier alpha value is -1.72. The van der Waals surface area contributed by atoms with Gasteiger partial charge in [0.25, 0.3) is 0 Å². The van der Waals surface area contributed by atoms with E-state index in [4.69, 9.17) is 0 Å². The summed E-state index contributed by atoms with van der Waals surface area (Å²) in [4.78, 5) is 0. The van der Waals surface area contributed by atoms with Gasteiger partial charge in [0.05, 0.1) is 0 Å². The molecule has 0 radical (unpaired) electrons. The number of allylic oxidation sites excluding steroid dienone is 1. The second-order valence-corrected chi connectivity index (χ2v) is 5.95. The summed E-state index contributed by atoms with van der Waals surface area (Å²) in [5.74, 6) is -2.21. The number of hydrogen-bond acceptors (Lipinski definition) is 2. The number of halogens is 4. The molecule has 1 fully saturated rings. The maximum absolute atomic E-state index is 14.3. The van der Waals surface area contributed by atoms with Crippen LogP contribution in [0.1, 0.15) is 38.2 Å². The fourth-order valence-corrected chi connectivity index (χ4v) is 2.92. The number of fused-ring (bicyclic) bond motifs is 1. The molecule has 0 amide bonds. The highest BCUT2D eigenvalue weighted by molar-refractivity contribution is 5.65. The van der Waals surface area contributed by atoms with Gasteiger partial charge >= 0.3 is 6.29 Å². The third kappa shape index (κ3) is 2.91. The standard InChI is InChI=1S/C16H16F4O2/c1-9-2-4-10(5-3-9)14(17)15(18)11-6-7-12-13(8-11)22-16(19,20)21-12/h6-10H,2-5H2,1H3/b15-14+. The van der Waals surface area contributed by atoms with E-state index in [-0.39, 0.29) is 17.1 Å². The molecule has 22 heavy (non-hydrogen) atoms. The Balaban J connectivity index is 1.83. The second kappa shape index (κ2) is 5.48. The van der Waals surface area contributed by atoms with Gasteiger partial charge in [-0.05, 0) is 37.0 Å². The largest absolute Gasteiger partial charge is 0.586 e. The van der Waals surface area contributed by atoms with Crippen molar-refractivity contribution in [3.63, 3.8) is 0 Å². The zero-order valence-electron chi connectivity index (χ0n) is 12.0. The van der Waals surface area contributed by atoms with Gasteiger partial charge in [0.1, 0.15) is 5.83 Å². The Morgan fingerprint density at radius 3 is 2.36 bits per heavy atom. The van der Waals surface area contributed by atoms with Crippen molar-refractivity contribution in [2.24, 2.45) is 11.8 Å². The minimum atomic E-state index is -3.76. The van der Waals surface area contributed by atoms with Crippen LogP contribution in [0.15, 0.2) is 24.0 Å². The molecular formula is C16H16F4O2. The number of rotatable bonds is 2. The monoisotopic (exact) mass is 316 g/mol. The quantitative estimate of drug-likeness (QED) is 0.676. The van der Waals surface area contributed by atoms with Crippen molar-refractivity contribution in [3.05, 3.63) is 29.6 Å². The first kappa shape index (κ1) is 15.2. The van der Waals surface area contributed by atoms with E-state index in [0.29, 0.717) is 18.8 Å². The molecule has 0 aromatic heterocycles. The topological polar surface area (TPSA) is 18.5 Å². The molecule has 1 aliphatic heterocycles. The van der Waals surface area contributed by atoms with Crippen LogP contribution in [0, 0.1) is 11.8 Å². The van der Waals surface area contributed by atoms with Crippen molar-refractivity contribution in [2.75, 3.05) is 0 Å². The maximum Gasteiger partial charge on any atom is 0.586 e. The molecular weight excluding hydrogens is 300 g/mol. The number of hydrogen-bond donors (Lipinski definition) is 0. The molecule has 1 saturated carbocycles. The summed E-state index contributed by atoms with van der Waals surface area (Å²) >= 11 is 0. The molecule has 0 atom stereocenters. The summed E-state index contributed by atoms with van der Waals surface area (Å²) in [5.41, 5.74) is -0.115. The van der Waals surface area contributed by atoms with E-state index in [1.807, 2.05) is 0 Å². The summed E-state index contributed by atoms with van der Waals surface area (Å²) in [5, 5.41) is 0. The normalized spacial score (nSPS) is 27.5. The molecule has 1 aromatic carbocycles. The average molecular weight is 316 g/mol. The van der Waals surface area contributed by atoms with Crippen molar-refractivity contribution in [1.29, 1.82) is 0 Å². The second-order valence-electron chi connectivity index (χ2n) is 5.95. The van der Waals surface area contributed by atoms with Gasteiger partial charge in [-0.3, -0.25) is 0 Å². The fourth-order valence-electron chi connectivity index (χ4n) is 2.92. The minimum absolute atomic E-state index is 0.115. The number of benzene rings is 1. The molecule has 0 spiro atoms. The lowest BCUT2D eigenvalue weighted by Crippen LogP contribution is -2.25. The molecule has 6 heteroatoms. The predicted molar refractivity (Wildman–Crippen MR) is 72.9 cm³/mol. The van der Waals surface area contributed by atoms with Crippen LogP contribution in [0.2, 0.25) is 0 Å². The lowest BCUT2D eigenvalue weighted by atomic mass is 9.82. The van der Waals surface area contributed by atoms with E-state index in [1.165, 1.54) is 6.07 Å². The van der Waals surface area contributed by atoms with Gasteiger partial charge in [0, 0.05) is 11.5 Å². The number of ether oxygens (including phenoxy) is 2. The van der Waals surface area contributed by atoms with Crippen molar-refractivity contribution < 1.29 is 27.0 Å². The Morgan fingerprint density at radius 1 is 1.05 bits per heavy atom. The first-order valence-electron chi connectivity index (χ1n) is 7.31. The van der Waals surface area contributed by atoms with Crippen molar-refractivity contribution in [1.82, 2.24) is 0 Å². The fraction of sp³-hybridized carbons (Fsp3) is 0.500. The van der Waals surface area contributed by atoms with Crippen LogP contribution >= 0.6 is 0 Å². The first-order valence-corrected chi connectivity index (χ1v) is 7.31. The smallest absolute Gasteiger partial charge is 0.395 e. The summed E-state index contributed by atoms with van der Waals surface area (Å²) in [6, 6.07) is 3.40. The molecule has 2 aliphatic rings. The van der Waals surface area contributed by atoms with Crippen molar-refractivity contribution >= 4 is 5.83 Å². The lowest BCUT2D eigenvalue weighted by molar-refractivity contribution is -0.286. The predicted octanol–water partition coefficient (Wildman–Crippen LogP) is 5.44. The molecule has 1 heterocycles. The Bertz CT molecular complexity index is 604. The SMILES string of the molecule is CC1CCC(/C(F)=C(\F)c2ccc3c(c2)OC(F)(F)O3)CC1. The van der Waals surface area contributed by atoms with E-state index in [0.717, 1.165) is 25.0 Å². The van der Waals surface area contributed by atoms with Crippen LogP contribution in [0.5, 0.6) is 11.5 Å². The van der Waals surface area contributed by atoms with E-state index in [9.17, 15) is 17.6 Å².